The van der Waals surface area contributed by atoms with E-state index in [1.54, 1.807) is 4.90 Å². The summed E-state index contributed by atoms with van der Waals surface area (Å²) in [6.45, 7) is 7.22. The number of nitrogens with one attached hydrogen (secondary N) is 1. The van der Waals surface area contributed by atoms with Crippen LogP contribution >= 0.6 is 0 Å². The van der Waals surface area contributed by atoms with Crippen molar-refractivity contribution in [2.24, 2.45) is 5.92 Å². The van der Waals surface area contributed by atoms with Crippen LogP contribution in [0.15, 0.2) is 24.3 Å². The first-order chi connectivity index (χ1) is 12.2. The van der Waals surface area contributed by atoms with Crippen molar-refractivity contribution in [2.75, 3.05) is 32.1 Å². The van der Waals surface area contributed by atoms with Crippen LogP contribution in [0.5, 0.6) is 0 Å². The molecule has 1 saturated heterocycles. The normalized spacial score (nSPS) is 15.5. The molecule has 0 atom stereocenters. The number of likely N-dealkylation sites (tertiary alicyclic amines) is 1. The van der Waals surface area contributed by atoms with Gasteiger partial charge in [0.25, 0.3) is 0 Å². The molecule has 2 amide bonds. The van der Waals surface area contributed by atoms with Crippen LogP contribution in [-0.4, -0.2) is 49.7 Å². The van der Waals surface area contributed by atoms with Gasteiger partial charge in [-0.25, -0.2) is 4.79 Å². The second kappa shape index (κ2) is 8.43. The number of piperidine rings is 1. The van der Waals surface area contributed by atoms with Crippen molar-refractivity contribution in [1.82, 2.24) is 10.2 Å². The predicted molar refractivity (Wildman–Crippen MR) is 103 cm³/mol. The molecule has 144 valence electrons. The van der Waals surface area contributed by atoms with Gasteiger partial charge in [0, 0.05) is 45.3 Å². The van der Waals surface area contributed by atoms with Gasteiger partial charge in [-0.1, -0.05) is 12.1 Å². The minimum atomic E-state index is -0.493. The summed E-state index contributed by atoms with van der Waals surface area (Å²) in [6.07, 6.45) is 1.05. The van der Waals surface area contributed by atoms with E-state index in [-0.39, 0.29) is 17.9 Å². The molecule has 0 spiro atoms. The van der Waals surface area contributed by atoms with Crippen LogP contribution in [-0.2, 0) is 16.1 Å². The number of nitrogens with zero attached hydrogens (tertiary/aromatic N) is 2. The van der Waals surface area contributed by atoms with E-state index in [4.69, 9.17) is 4.74 Å². The fourth-order valence-corrected chi connectivity index (χ4v) is 2.90. The van der Waals surface area contributed by atoms with Gasteiger partial charge in [-0.15, -0.1) is 0 Å². The maximum Gasteiger partial charge on any atom is 0.410 e. The smallest absolute Gasteiger partial charge is 0.410 e. The van der Waals surface area contributed by atoms with Gasteiger partial charge < -0.3 is 19.9 Å². The average Bonchev–Trinajstić information content (AvgIpc) is 2.58. The molecule has 6 nitrogen and oxygen atoms in total. The standard InChI is InChI=1S/C20H31N3O3/c1-20(2,3)26-19(25)23-12-10-16(11-13-23)18(24)21-14-15-6-8-17(9-7-15)22(4)5/h6-9,16H,10-14H2,1-5H3,(H,21,24). The third-order valence-corrected chi connectivity index (χ3v) is 4.44. The van der Waals surface area contributed by atoms with E-state index >= 15 is 0 Å². The Morgan fingerprint density at radius 1 is 1.15 bits per heavy atom. The molecular formula is C20H31N3O3. The summed E-state index contributed by atoms with van der Waals surface area (Å²) < 4.78 is 5.39. The first-order valence-electron chi connectivity index (χ1n) is 9.17. The van der Waals surface area contributed by atoms with Gasteiger partial charge in [0.1, 0.15) is 5.60 Å². The van der Waals surface area contributed by atoms with Gasteiger partial charge in [0.05, 0.1) is 0 Å². The topological polar surface area (TPSA) is 61.9 Å². The Hall–Kier alpha value is -2.24. The summed E-state index contributed by atoms with van der Waals surface area (Å²) >= 11 is 0. The molecule has 1 fully saturated rings. The number of benzene rings is 1. The molecule has 1 heterocycles. The number of amides is 2. The van der Waals surface area contributed by atoms with Gasteiger partial charge in [-0.2, -0.15) is 0 Å². The first kappa shape index (κ1) is 20.1. The van der Waals surface area contributed by atoms with E-state index < -0.39 is 5.60 Å². The minimum absolute atomic E-state index is 0.0465. The van der Waals surface area contributed by atoms with Crippen LogP contribution in [0.1, 0.15) is 39.2 Å². The molecule has 0 aliphatic carbocycles. The van der Waals surface area contributed by atoms with E-state index in [9.17, 15) is 9.59 Å². The van der Waals surface area contributed by atoms with Crippen LogP contribution in [0.25, 0.3) is 0 Å². The van der Waals surface area contributed by atoms with Crippen LogP contribution in [0, 0.1) is 5.92 Å². The lowest BCUT2D eigenvalue weighted by molar-refractivity contribution is -0.126. The van der Waals surface area contributed by atoms with Crippen molar-refractivity contribution < 1.29 is 14.3 Å². The summed E-state index contributed by atoms with van der Waals surface area (Å²) in [4.78, 5) is 28.2. The van der Waals surface area contributed by atoms with Crippen LogP contribution < -0.4 is 10.2 Å². The Morgan fingerprint density at radius 3 is 2.23 bits per heavy atom. The van der Waals surface area contributed by atoms with E-state index in [0.717, 1.165) is 11.3 Å². The lowest BCUT2D eigenvalue weighted by Crippen LogP contribution is -2.44. The number of anilines is 1. The van der Waals surface area contributed by atoms with Crippen molar-refractivity contribution in [3.8, 4) is 0 Å². The third kappa shape index (κ3) is 5.93. The van der Waals surface area contributed by atoms with E-state index in [1.165, 1.54) is 0 Å². The number of hydrogen-bond acceptors (Lipinski definition) is 4. The van der Waals surface area contributed by atoms with Crippen LogP contribution in [0.3, 0.4) is 0 Å². The molecule has 6 heteroatoms. The van der Waals surface area contributed by atoms with Crippen LogP contribution in [0.4, 0.5) is 10.5 Å². The Labute approximate surface area is 156 Å². The van der Waals surface area contributed by atoms with Gasteiger partial charge >= 0.3 is 6.09 Å². The van der Waals surface area contributed by atoms with Gasteiger partial charge in [0.2, 0.25) is 5.91 Å². The third-order valence-electron chi connectivity index (χ3n) is 4.44. The molecular weight excluding hydrogens is 330 g/mol. The van der Waals surface area contributed by atoms with E-state index in [0.29, 0.717) is 32.5 Å². The van der Waals surface area contributed by atoms with E-state index in [2.05, 4.69) is 5.32 Å². The van der Waals surface area contributed by atoms with Gasteiger partial charge in [-0.3, -0.25) is 4.79 Å². The predicted octanol–water partition coefficient (Wildman–Crippen LogP) is 3.02. The Balaban J connectivity index is 1.77. The molecule has 0 unspecified atom stereocenters. The Morgan fingerprint density at radius 2 is 1.73 bits per heavy atom. The highest BCUT2D eigenvalue weighted by atomic mass is 16.6. The Bertz CT molecular complexity index is 612. The summed E-state index contributed by atoms with van der Waals surface area (Å²) in [5.41, 5.74) is 1.72. The van der Waals surface area contributed by atoms with Gasteiger partial charge in [-0.05, 0) is 51.3 Å². The fraction of sp³-hybridized carbons (Fsp3) is 0.600. The molecule has 1 aromatic rings. The highest BCUT2D eigenvalue weighted by molar-refractivity contribution is 5.79. The number of hydrogen-bond donors (Lipinski definition) is 1. The molecule has 1 aromatic carbocycles. The van der Waals surface area contributed by atoms with Crippen LogP contribution in [0.2, 0.25) is 0 Å². The zero-order chi connectivity index (χ0) is 19.3. The molecule has 0 radical (unpaired) electrons. The van der Waals surface area contributed by atoms with Crippen molar-refractivity contribution in [1.29, 1.82) is 0 Å². The molecule has 26 heavy (non-hydrogen) atoms. The fourth-order valence-electron chi connectivity index (χ4n) is 2.90. The molecule has 1 aliphatic rings. The molecule has 0 saturated carbocycles. The lowest BCUT2D eigenvalue weighted by atomic mass is 9.96. The maximum atomic E-state index is 12.4. The minimum Gasteiger partial charge on any atom is -0.444 e. The van der Waals surface area contributed by atoms with Gasteiger partial charge in [0.15, 0.2) is 0 Å². The number of carbonyl (C=O) groups excluding carboxylic acids is 2. The second-order valence-corrected chi connectivity index (χ2v) is 8.02. The zero-order valence-corrected chi connectivity index (χ0v) is 16.5. The molecule has 0 aromatic heterocycles. The van der Waals surface area contributed by atoms with Crippen molar-refractivity contribution in [2.45, 2.75) is 45.8 Å². The first-order valence-corrected chi connectivity index (χ1v) is 9.17. The monoisotopic (exact) mass is 361 g/mol. The van der Waals surface area contributed by atoms with Crippen molar-refractivity contribution >= 4 is 17.7 Å². The lowest BCUT2D eigenvalue weighted by Gasteiger charge is -2.32. The SMILES string of the molecule is CN(C)c1ccc(CNC(=O)C2CCN(C(=O)OC(C)(C)C)CC2)cc1. The largest absolute Gasteiger partial charge is 0.444 e. The molecule has 1 aliphatic heterocycles. The summed E-state index contributed by atoms with van der Waals surface area (Å²) in [6, 6.07) is 8.14. The summed E-state index contributed by atoms with van der Waals surface area (Å²) in [7, 11) is 4.00. The molecule has 2 rings (SSSR count). The number of ether oxygens (including phenoxy) is 1. The number of rotatable bonds is 4. The van der Waals surface area contributed by atoms with E-state index in [1.807, 2.05) is 64.0 Å². The highest BCUT2D eigenvalue weighted by Gasteiger charge is 2.29. The maximum absolute atomic E-state index is 12.4. The molecule has 0 bridgehead atoms. The summed E-state index contributed by atoms with van der Waals surface area (Å²) in [5, 5.41) is 3.01. The van der Waals surface area contributed by atoms with Crippen molar-refractivity contribution in [3.63, 3.8) is 0 Å². The summed E-state index contributed by atoms with van der Waals surface area (Å²) in [5.74, 6) is 0.0141. The average molecular weight is 361 g/mol. The second-order valence-electron chi connectivity index (χ2n) is 8.02. The highest BCUT2D eigenvalue weighted by Crippen LogP contribution is 2.20. The Kier molecular flexibility index (Phi) is 6.51. The molecule has 1 N–H and O–H groups in total. The number of carbonyl (C=O) groups is 2. The zero-order valence-electron chi connectivity index (χ0n) is 16.5. The quantitative estimate of drug-likeness (QED) is 0.895. The van der Waals surface area contributed by atoms with Crippen molar-refractivity contribution in [3.05, 3.63) is 29.8 Å².